The quantitative estimate of drug-likeness (QED) is 0.310. The molecule has 2 aliphatic carbocycles. The fraction of sp³-hybridized carbons (Fsp3) is 0.600. The molecule has 1 saturated heterocycles. The van der Waals surface area contributed by atoms with E-state index in [-0.39, 0.29) is 49.1 Å². The second-order valence-corrected chi connectivity index (χ2v) is 9.44. The zero-order valence-electron chi connectivity index (χ0n) is 18.3. The van der Waals surface area contributed by atoms with E-state index in [0.29, 0.717) is 19.3 Å². The number of hydrogen-bond donors (Lipinski definition) is 0. The van der Waals surface area contributed by atoms with Gasteiger partial charge in [0, 0.05) is 5.56 Å². The molecule has 3 atom stereocenters. The van der Waals surface area contributed by atoms with Crippen molar-refractivity contribution in [1.82, 2.24) is 0 Å². The Morgan fingerprint density at radius 1 is 1.09 bits per heavy atom. The average Bonchev–Trinajstić information content (AvgIpc) is 2.77. The Morgan fingerprint density at radius 2 is 1.79 bits per heavy atom. The number of hydrogen-bond acceptors (Lipinski definition) is 2. The van der Waals surface area contributed by atoms with Gasteiger partial charge in [-0.1, -0.05) is 12.2 Å². The molecule has 1 aromatic carbocycles. The molecule has 1 saturated carbocycles. The molecule has 4 rings (SSSR count). The highest BCUT2D eigenvalue weighted by molar-refractivity contribution is 5.42. The van der Waals surface area contributed by atoms with Crippen molar-refractivity contribution in [3.8, 4) is 5.75 Å². The molecule has 0 radical (unpaired) electrons. The van der Waals surface area contributed by atoms with E-state index in [2.05, 4.69) is 13.2 Å². The average molecular weight is 474 g/mol. The Bertz CT molecular complexity index is 907. The van der Waals surface area contributed by atoms with Crippen LogP contribution in [0, 0.1) is 35.3 Å². The summed E-state index contributed by atoms with van der Waals surface area (Å²) < 4.78 is 98.2. The van der Waals surface area contributed by atoms with Gasteiger partial charge in [0.05, 0.1) is 17.9 Å². The molecule has 1 heterocycles. The minimum atomic E-state index is -3.68. The molecule has 0 spiro atoms. The van der Waals surface area contributed by atoms with E-state index in [9.17, 15) is 22.0 Å². The van der Waals surface area contributed by atoms with E-state index in [0.717, 1.165) is 6.07 Å². The third-order valence-corrected chi connectivity index (χ3v) is 7.42. The summed E-state index contributed by atoms with van der Waals surface area (Å²) in [6, 6.07) is 1.02. The Morgan fingerprint density at radius 3 is 2.42 bits per heavy atom. The van der Waals surface area contributed by atoms with Crippen molar-refractivity contribution in [2.24, 2.45) is 23.7 Å². The summed E-state index contributed by atoms with van der Waals surface area (Å²) in [5, 5.41) is 0. The Balaban J connectivity index is 1.58. The first-order chi connectivity index (χ1) is 15.6. The van der Waals surface area contributed by atoms with Crippen LogP contribution in [0.3, 0.4) is 0 Å². The van der Waals surface area contributed by atoms with Crippen molar-refractivity contribution < 1.29 is 35.8 Å². The van der Waals surface area contributed by atoms with Crippen molar-refractivity contribution in [1.29, 1.82) is 0 Å². The summed E-state index contributed by atoms with van der Waals surface area (Å²) in [7, 11) is 0. The molecule has 0 amide bonds. The molecule has 0 aromatic heterocycles. The van der Waals surface area contributed by atoms with Crippen molar-refractivity contribution in [2.75, 3.05) is 0 Å². The first-order valence-corrected chi connectivity index (χ1v) is 11.4. The van der Waals surface area contributed by atoms with Crippen LogP contribution >= 0.6 is 0 Å². The molecule has 2 fully saturated rings. The van der Waals surface area contributed by atoms with Crippen molar-refractivity contribution >= 4 is 0 Å². The van der Waals surface area contributed by atoms with Crippen LogP contribution in [0.15, 0.2) is 31.4 Å². The maximum Gasteiger partial charge on any atom is 0.400 e. The van der Waals surface area contributed by atoms with Crippen LogP contribution in [0.2, 0.25) is 0 Å². The van der Waals surface area contributed by atoms with Gasteiger partial charge in [-0.05, 0) is 74.8 Å². The Kier molecular flexibility index (Phi) is 6.60. The van der Waals surface area contributed by atoms with E-state index < -0.39 is 53.5 Å². The van der Waals surface area contributed by atoms with Crippen molar-refractivity contribution in [3.63, 3.8) is 0 Å². The van der Waals surface area contributed by atoms with E-state index in [1.807, 2.05) is 0 Å². The van der Waals surface area contributed by atoms with E-state index >= 15 is 4.39 Å². The van der Waals surface area contributed by atoms with Crippen LogP contribution in [0.1, 0.15) is 62.2 Å². The molecule has 3 aliphatic rings. The summed E-state index contributed by atoms with van der Waals surface area (Å²) >= 11 is 0. The molecule has 8 heteroatoms. The van der Waals surface area contributed by atoms with Gasteiger partial charge in [-0.2, -0.15) is 22.0 Å². The number of allylic oxidation sites excluding steroid dienone is 2. The number of halogens is 6. The summed E-state index contributed by atoms with van der Waals surface area (Å²) in [6.07, 6.45) is -3.29. The fourth-order valence-electron chi connectivity index (χ4n) is 5.50. The number of benzene rings is 1. The second kappa shape index (κ2) is 9.01. The van der Waals surface area contributed by atoms with Gasteiger partial charge >= 0.3 is 12.2 Å². The van der Waals surface area contributed by atoms with Gasteiger partial charge in [0.1, 0.15) is 0 Å². The summed E-state index contributed by atoms with van der Waals surface area (Å²) in [6.45, 7) is 7.17. The minimum absolute atomic E-state index is 0.0382. The lowest BCUT2D eigenvalue weighted by Gasteiger charge is -2.44. The van der Waals surface area contributed by atoms with Gasteiger partial charge in [0.2, 0.25) is 5.82 Å². The van der Waals surface area contributed by atoms with E-state index in [1.165, 1.54) is 6.08 Å². The molecule has 2 nitrogen and oxygen atoms in total. The highest BCUT2D eigenvalue weighted by atomic mass is 19.3. The number of alkyl halides is 4. The number of rotatable bonds is 6. The molecule has 3 unspecified atom stereocenters. The number of aryl methyl sites for hydroxylation is 1. The molecule has 1 aliphatic heterocycles. The Labute approximate surface area is 189 Å². The van der Waals surface area contributed by atoms with Crippen molar-refractivity contribution in [2.45, 2.75) is 69.7 Å². The lowest BCUT2D eigenvalue weighted by atomic mass is 9.74. The van der Waals surface area contributed by atoms with Gasteiger partial charge in [-0.25, -0.2) is 4.39 Å². The number of ether oxygens (including phenoxy) is 2. The van der Waals surface area contributed by atoms with Gasteiger partial charge < -0.3 is 9.47 Å². The maximum absolute atomic E-state index is 15.1. The third kappa shape index (κ3) is 4.55. The Hall–Kier alpha value is -1.96. The lowest BCUT2D eigenvalue weighted by Crippen LogP contribution is -2.44. The van der Waals surface area contributed by atoms with Crippen LogP contribution in [-0.4, -0.2) is 12.2 Å². The van der Waals surface area contributed by atoms with Crippen LogP contribution in [0.25, 0.3) is 0 Å². The van der Waals surface area contributed by atoms with Crippen LogP contribution in [0.4, 0.5) is 26.3 Å². The SMILES string of the molecule is C=CCC1CC2CCc3cc(OC(F)(F)C4CCC(C=C)CC4)c(F)c(F)c3C2OC1(F)F. The van der Waals surface area contributed by atoms with Crippen LogP contribution < -0.4 is 4.74 Å². The van der Waals surface area contributed by atoms with Crippen LogP contribution in [0.5, 0.6) is 5.75 Å². The highest BCUT2D eigenvalue weighted by Gasteiger charge is 2.53. The van der Waals surface area contributed by atoms with E-state index in [1.54, 1.807) is 6.08 Å². The largest absolute Gasteiger partial charge is 0.429 e. The van der Waals surface area contributed by atoms with Crippen molar-refractivity contribution in [3.05, 3.63) is 54.1 Å². The predicted octanol–water partition coefficient (Wildman–Crippen LogP) is 7.74. The first-order valence-electron chi connectivity index (χ1n) is 11.4. The summed E-state index contributed by atoms with van der Waals surface area (Å²) in [4.78, 5) is 0. The normalized spacial score (nSPS) is 31.3. The summed E-state index contributed by atoms with van der Waals surface area (Å²) in [5.74, 6) is -6.45. The molecular formula is C25H28F6O2. The molecule has 182 valence electrons. The summed E-state index contributed by atoms with van der Waals surface area (Å²) in [5.41, 5.74) is -0.156. The fourth-order valence-corrected chi connectivity index (χ4v) is 5.50. The molecular weight excluding hydrogens is 446 g/mol. The van der Waals surface area contributed by atoms with Crippen LogP contribution in [-0.2, 0) is 11.2 Å². The molecule has 0 N–H and O–H groups in total. The maximum atomic E-state index is 15.1. The molecule has 0 bridgehead atoms. The van der Waals surface area contributed by atoms with Gasteiger partial charge in [0.25, 0.3) is 0 Å². The minimum Gasteiger partial charge on any atom is -0.429 e. The monoisotopic (exact) mass is 474 g/mol. The second-order valence-electron chi connectivity index (χ2n) is 9.44. The third-order valence-electron chi connectivity index (χ3n) is 7.42. The molecule has 33 heavy (non-hydrogen) atoms. The van der Waals surface area contributed by atoms with E-state index in [4.69, 9.17) is 9.47 Å². The topological polar surface area (TPSA) is 18.5 Å². The zero-order valence-corrected chi connectivity index (χ0v) is 18.3. The number of fused-ring (bicyclic) bond motifs is 3. The lowest BCUT2D eigenvalue weighted by molar-refractivity contribution is -0.330. The van der Waals surface area contributed by atoms with Gasteiger partial charge in [0.15, 0.2) is 11.6 Å². The molecule has 1 aromatic rings. The highest BCUT2D eigenvalue weighted by Crippen LogP contribution is 2.53. The first kappa shape index (κ1) is 24.2. The standard InChI is InChI=1S/C25H28F6O2/c1-3-5-18-12-16-9-8-15-13-19(21(26)22(27)20(15)23(16)33-25(18,30)31)32-24(28,29)17-10-6-14(4-2)7-11-17/h3-4,13-14,16-18,23H,1-2,5-12H2. The van der Waals surface area contributed by atoms with Gasteiger partial charge in [-0.15, -0.1) is 13.2 Å². The predicted molar refractivity (Wildman–Crippen MR) is 111 cm³/mol. The smallest absolute Gasteiger partial charge is 0.400 e. The zero-order chi connectivity index (χ0) is 24.0. The van der Waals surface area contributed by atoms with Gasteiger partial charge in [-0.3, -0.25) is 0 Å².